The first kappa shape index (κ1) is 21.2. The third-order valence-corrected chi connectivity index (χ3v) is 4.43. The molecule has 1 aliphatic heterocycles. The average Bonchev–Trinajstić information content (AvgIpc) is 2.47. The van der Waals surface area contributed by atoms with E-state index in [1.54, 1.807) is 0 Å². The van der Waals surface area contributed by atoms with Gasteiger partial charge in [-0.1, -0.05) is 6.92 Å². The van der Waals surface area contributed by atoms with Crippen molar-refractivity contribution in [1.82, 2.24) is 15.5 Å². The van der Waals surface area contributed by atoms with Gasteiger partial charge in [-0.25, -0.2) is 0 Å². The molecule has 5 nitrogen and oxygen atoms in total. The van der Waals surface area contributed by atoms with Gasteiger partial charge in [-0.3, -0.25) is 9.59 Å². The highest BCUT2D eigenvalue weighted by Gasteiger charge is 2.26. The normalized spacial score (nSPS) is 16.5. The van der Waals surface area contributed by atoms with Crippen molar-refractivity contribution in [3.63, 3.8) is 0 Å². The van der Waals surface area contributed by atoms with Crippen molar-refractivity contribution < 1.29 is 9.59 Å². The number of nitrogens with zero attached hydrogens (tertiary/aromatic N) is 1. The number of amides is 2. The predicted octanol–water partition coefficient (Wildman–Crippen LogP) is 1.95. The van der Waals surface area contributed by atoms with Gasteiger partial charge < -0.3 is 15.5 Å². The van der Waals surface area contributed by atoms with Crippen molar-refractivity contribution in [2.24, 2.45) is 5.41 Å². The smallest absolute Gasteiger partial charge is 0.222 e. The molecule has 0 aromatic carbocycles. The molecule has 2 N–H and O–H groups in total. The summed E-state index contributed by atoms with van der Waals surface area (Å²) < 4.78 is 0. The van der Waals surface area contributed by atoms with Gasteiger partial charge in [-0.15, -0.1) is 12.4 Å². The third-order valence-electron chi connectivity index (χ3n) is 4.43. The summed E-state index contributed by atoms with van der Waals surface area (Å²) in [4.78, 5) is 25.5. The van der Waals surface area contributed by atoms with Gasteiger partial charge in [0, 0.05) is 32.5 Å². The van der Waals surface area contributed by atoms with E-state index in [0.29, 0.717) is 19.3 Å². The van der Waals surface area contributed by atoms with Crippen molar-refractivity contribution >= 4 is 24.2 Å². The predicted molar refractivity (Wildman–Crippen MR) is 92.2 cm³/mol. The van der Waals surface area contributed by atoms with E-state index in [0.717, 1.165) is 45.6 Å². The fraction of sp³-hybridized carbons (Fsp3) is 0.875. The lowest BCUT2D eigenvalue weighted by molar-refractivity contribution is -0.131. The number of rotatable bonds is 8. The highest BCUT2D eigenvalue weighted by Crippen LogP contribution is 2.26. The van der Waals surface area contributed by atoms with Crippen LogP contribution < -0.4 is 10.6 Å². The summed E-state index contributed by atoms with van der Waals surface area (Å²) >= 11 is 0. The Hall–Kier alpha value is -0.810. The molecular weight excluding hydrogens is 302 g/mol. The van der Waals surface area contributed by atoms with E-state index in [2.05, 4.69) is 17.6 Å². The maximum atomic E-state index is 11.9. The van der Waals surface area contributed by atoms with Crippen LogP contribution >= 0.6 is 12.4 Å². The van der Waals surface area contributed by atoms with E-state index >= 15 is 0 Å². The zero-order valence-corrected chi connectivity index (χ0v) is 15.1. The molecule has 2 amide bonds. The van der Waals surface area contributed by atoms with Gasteiger partial charge in [-0.2, -0.15) is 0 Å². The molecule has 1 fully saturated rings. The zero-order chi connectivity index (χ0) is 15.7. The van der Waals surface area contributed by atoms with Gasteiger partial charge in [0.2, 0.25) is 11.8 Å². The molecule has 0 atom stereocenters. The summed E-state index contributed by atoms with van der Waals surface area (Å²) in [7, 11) is 0. The van der Waals surface area contributed by atoms with E-state index in [9.17, 15) is 9.59 Å². The van der Waals surface area contributed by atoms with Gasteiger partial charge in [0.15, 0.2) is 0 Å². The molecule has 1 heterocycles. The second-order valence-electron chi connectivity index (χ2n) is 6.26. The summed E-state index contributed by atoms with van der Waals surface area (Å²) in [6, 6.07) is 0. The lowest BCUT2D eigenvalue weighted by atomic mass is 9.81. The second kappa shape index (κ2) is 10.8. The van der Waals surface area contributed by atoms with E-state index in [4.69, 9.17) is 0 Å². The molecule has 0 aliphatic carbocycles. The number of hydrogen-bond donors (Lipinski definition) is 2. The average molecular weight is 334 g/mol. The van der Waals surface area contributed by atoms with Gasteiger partial charge in [0.05, 0.1) is 0 Å². The van der Waals surface area contributed by atoms with Crippen LogP contribution in [0.25, 0.3) is 0 Å². The molecule has 1 aliphatic rings. The van der Waals surface area contributed by atoms with Crippen LogP contribution in [-0.4, -0.2) is 49.4 Å². The van der Waals surface area contributed by atoms with Crippen LogP contribution in [-0.2, 0) is 9.59 Å². The van der Waals surface area contributed by atoms with Crippen LogP contribution in [0.5, 0.6) is 0 Å². The highest BCUT2D eigenvalue weighted by molar-refractivity contribution is 5.85. The van der Waals surface area contributed by atoms with Crippen molar-refractivity contribution in [2.75, 3.05) is 32.7 Å². The highest BCUT2D eigenvalue weighted by atomic mass is 35.5. The summed E-state index contributed by atoms with van der Waals surface area (Å²) in [5.74, 6) is 0.222. The number of hydrogen-bond acceptors (Lipinski definition) is 3. The summed E-state index contributed by atoms with van der Waals surface area (Å²) in [6.07, 6.45) is 3.76. The molecule has 0 spiro atoms. The molecule has 130 valence electrons. The zero-order valence-electron chi connectivity index (χ0n) is 14.2. The largest absolute Gasteiger partial charge is 0.356 e. The molecule has 0 unspecified atom stereocenters. The Kier molecular flexibility index (Phi) is 10.4. The van der Waals surface area contributed by atoms with E-state index in [-0.39, 0.29) is 29.6 Å². The minimum absolute atomic E-state index is 0. The third kappa shape index (κ3) is 7.45. The Morgan fingerprint density at radius 2 is 1.73 bits per heavy atom. The van der Waals surface area contributed by atoms with Crippen LogP contribution in [0.1, 0.15) is 52.9 Å². The molecule has 0 radical (unpaired) electrons. The van der Waals surface area contributed by atoms with Crippen molar-refractivity contribution in [2.45, 2.75) is 52.9 Å². The number of carbonyl (C=O) groups excluding carboxylic acids is 2. The van der Waals surface area contributed by atoms with Crippen LogP contribution in [0, 0.1) is 5.41 Å². The van der Waals surface area contributed by atoms with Gasteiger partial charge in [0.25, 0.3) is 0 Å². The fourth-order valence-corrected chi connectivity index (χ4v) is 2.74. The van der Waals surface area contributed by atoms with Crippen LogP contribution in [0.3, 0.4) is 0 Å². The van der Waals surface area contributed by atoms with Crippen LogP contribution in [0.2, 0.25) is 0 Å². The monoisotopic (exact) mass is 333 g/mol. The Labute approximate surface area is 141 Å². The number of nitrogens with one attached hydrogen (secondary N) is 2. The molecule has 0 aromatic rings. The quantitative estimate of drug-likeness (QED) is 0.713. The van der Waals surface area contributed by atoms with Crippen molar-refractivity contribution in [3.8, 4) is 0 Å². The summed E-state index contributed by atoms with van der Waals surface area (Å²) in [5, 5.41) is 6.37. The minimum atomic E-state index is 0. The van der Waals surface area contributed by atoms with Crippen LogP contribution in [0.4, 0.5) is 0 Å². The first-order chi connectivity index (χ1) is 10.0. The molecule has 0 aromatic heterocycles. The molecule has 6 heteroatoms. The van der Waals surface area contributed by atoms with Crippen LogP contribution in [0.15, 0.2) is 0 Å². The van der Waals surface area contributed by atoms with E-state index in [1.807, 2.05) is 18.7 Å². The maximum Gasteiger partial charge on any atom is 0.222 e. The van der Waals surface area contributed by atoms with Gasteiger partial charge in [-0.05, 0) is 51.6 Å². The Bertz CT molecular complexity index is 340. The first-order valence-electron chi connectivity index (χ1n) is 8.26. The van der Waals surface area contributed by atoms with Crippen molar-refractivity contribution in [1.29, 1.82) is 0 Å². The minimum Gasteiger partial charge on any atom is -0.356 e. The number of carbonyl (C=O) groups is 2. The molecule has 22 heavy (non-hydrogen) atoms. The lowest BCUT2D eigenvalue weighted by Gasteiger charge is -2.34. The Morgan fingerprint density at radius 3 is 2.27 bits per heavy atom. The van der Waals surface area contributed by atoms with Gasteiger partial charge in [0.1, 0.15) is 0 Å². The Morgan fingerprint density at radius 1 is 1.14 bits per heavy atom. The van der Waals surface area contributed by atoms with Gasteiger partial charge >= 0.3 is 0 Å². The molecule has 1 saturated heterocycles. The standard InChI is InChI=1S/C16H31N3O2.ClH/c1-4-19(5-2)15(21)8-6-7-14(20)18-13-16(3)9-11-17-12-10-16;/h17H,4-13H2,1-3H3,(H,18,20);1H. The second-order valence-corrected chi connectivity index (χ2v) is 6.26. The molecule has 0 saturated carbocycles. The maximum absolute atomic E-state index is 11.9. The summed E-state index contributed by atoms with van der Waals surface area (Å²) in [5.41, 5.74) is 0.220. The van der Waals surface area contributed by atoms with E-state index in [1.165, 1.54) is 0 Å². The molecule has 1 rings (SSSR count). The summed E-state index contributed by atoms with van der Waals surface area (Å²) in [6.45, 7) is 10.5. The van der Waals surface area contributed by atoms with Crippen molar-refractivity contribution in [3.05, 3.63) is 0 Å². The fourth-order valence-electron chi connectivity index (χ4n) is 2.74. The van der Waals surface area contributed by atoms with E-state index < -0.39 is 0 Å². The topological polar surface area (TPSA) is 61.4 Å². The first-order valence-corrected chi connectivity index (χ1v) is 8.26. The SMILES string of the molecule is CCN(CC)C(=O)CCCC(=O)NCC1(C)CCNCC1.Cl. The molecular formula is C16H32ClN3O2. The number of piperidine rings is 1. The lowest BCUT2D eigenvalue weighted by Crippen LogP contribution is -2.42. The number of halogens is 1. The Balaban J connectivity index is 0.00000441. The molecule has 0 bridgehead atoms.